The van der Waals surface area contributed by atoms with Crippen LogP contribution in [0.1, 0.15) is 33.6 Å². The van der Waals surface area contributed by atoms with Crippen LogP contribution in [-0.2, 0) is 4.74 Å². The Hall–Kier alpha value is -0.810. The molecule has 0 aromatic carbocycles. The molecule has 0 aliphatic carbocycles. The maximum atomic E-state index is 12.0. The molecule has 18 heavy (non-hydrogen) atoms. The van der Waals surface area contributed by atoms with Gasteiger partial charge in [-0.05, 0) is 46.6 Å². The fraction of sp³-hybridized carbons (Fsp3) is 0.923. The highest BCUT2D eigenvalue weighted by Gasteiger charge is 2.29. The third kappa shape index (κ3) is 4.46. The van der Waals surface area contributed by atoms with Crippen LogP contribution in [0.2, 0.25) is 0 Å². The molecule has 106 valence electrons. The Morgan fingerprint density at radius 1 is 1.39 bits per heavy atom. The second-order valence-corrected chi connectivity index (χ2v) is 5.88. The second kappa shape index (κ2) is 6.38. The molecule has 2 unspecified atom stereocenters. The summed E-state index contributed by atoms with van der Waals surface area (Å²) in [6, 6.07) is 0.266. The first-order valence-electron chi connectivity index (χ1n) is 6.63. The van der Waals surface area contributed by atoms with Crippen LogP contribution in [0.25, 0.3) is 0 Å². The number of aliphatic hydroxyl groups excluding tert-OH is 1. The van der Waals surface area contributed by atoms with Crippen LogP contribution in [-0.4, -0.2) is 54.5 Å². The van der Waals surface area contributed by atoms with Crippen molar-refractivity contribution in [2.45, 2.75) is 45.3 Å². The predicted octanol–water partition coefficient (Wildman–Crippen LogP) is 1.21. The van der Waals surface area contributed by atoms with Gasteiger partial charge in [-0.1, -0.05) is 0 Å². The van der Waals surface area contributed by atoms with Gasteiger partial charge < -0.3 is 20.1 Å². The van der Waals surface area contributed by atoms with Crippen molar-refractivity contribution in [3.05, 3.63) is 0 Å². The number of amides is 1. The van der Waals surface area contributed by atoms with Crippen molar-refractivity contribution >= 4 is 6.09 Å². The Labute approximate surface area is 109 Å². The molecule has 2 atom stereocenters. The van der Waals surface area contributed by atoms with Crippen LogP contribution in [0.3, 0.4) is 0 Å². The summed E-state index contributed by atoms with van der Waals surface area (Å²) in [5, 5.41) is 12.6. The van der Waals surface area contributed by atoms with Gasteiger partial charge in [0.1, 0.15) is 5.60 Å². The van der Waals surface area contributed by atoms with Gasteiger partial charge in [0, 0.05) is 25.7 Å². The van der Waals surface area contributed by atoms with Crippen LogP contribution in [0.15, 0.2) is 0 Å². The minimum absolute atomic E-state index is 0.160. The first-order chi connectivity index (χ1) is 8.37. The molecule has 0 saturated carbocycles. The standard InChI is InChI=1S/C13H26N2O3/c1-13(2,3)18-12(17)15-7-5-10(9-16)11(14-4)6-8-15/h10-11,14,16H,5-9H2,1-4H3. The fourth-order valence-electron chi connectivity index (χ4n) is 2.27. The largest absolute Gasteiger partial charge is 0.444 e. The topological polar surface area (TPSA) is 61.8 Å². The van der Waals surface area contributed by atoms with Crippen LogP contribution in [0, 0.1) is 5.92 Å². The molecule has 0 aromatic heterocycles. The summed E-state index contributed by atoms with van der Waals surface area (Å²) in [5.41, 5.74) is -0.456. The SMILES string of the molecule is CNC1CCN(C(=O)OC(C)(C)C)CCC1CO. The smallest absolute Gasteiger partial charge is 0.410 e. The van der Waals surface area contributed by atoms with E-state index in [1.54, 1.807) is 4.90 Å². The van der Waals surface area contributed by atoms with Crippen LogP contribution in [0.5, 0.6) is 0 Å². The maximum Gasteiger partial charge on any atom is 0.410 e. The molecule has 1 rings (SSSR count). The van der Waals surface area contributed by atoms with Gasteiger partial charge in [0.2, 0.25) is 0 Å². The van der Waals surface area contributed by atoms with E-state index in [0.717, 1.165) is 12.8 Å². The first-order valence-corrected chi connectivity index (χ1v) is 6.63. The third-order valence-corrected chi connectivity index (χ3v) is 3.31. The molecule has 1 saturated heterocycles. The number of carbonyl (C=O) groups excluding carboxylic acids is 1. The lowest BCUT2D eigenvalue weighted by molar-refractivity contribution is 0.0253. The number of hydrogen-bond donors (Lipinski definition) is 2. The Kier molecular flexibility index (Phi) is 5.41. The van der Waals surface area contributed by atoms with E-state index in [1.165, 1.54) is 0 Å². The molecule has 1 aliphatic rings. The van der Waals surface area contributed by atoms with Gasteiger partial charge in [-0.3, -0.25) is 0 Å². The van der Waals surface area contributed by atoms with Gasteiger partial charge in [-0.2, -0.15) is 0 Å². The van der Waals surface area contributed by atoms with Crippen molar-refractivity contribution in [2.75, 3.05) is 26.7 Å². The summed E-state index contributed by atoms with van der Waals surface area (Å²) in [5.74, 6) is 0.211. The number of hydrogen-bond acceptors (Lipinski definition) is 4. The predicted molar refractivity (Wildman–Crippen MR) is 70.5 cm³/mol. The number of rotatable bonds is 2. The Morgan fingerprint density at radius 3 is 2.50 bits per heavy atom. The average molecular weight is 258 g/mol. The molecule has 1 fully saturated rings. The van der Waals surface area contributed by atoms with E-state index in [2.05, 4.69) is 5.32 Å². The number of nitrogens with zero attached hydrogens (tertiary/aromatic N) is 1. The van der Waals surface area contributed by atoms with Gasteiger partial charge in [-0.15, -0.1) is 0 Å². The third-order valence-electron chi connectivity index (χ3n) is 3.31. The van der Waals surface area contributed by atoms with Gasteiger partial charge in [-0.25, -0.2) is 4.79 Å². The van der Waals surface area contributed by atoms with Crippen LogP contribution in [0.4, 0.5) is 4.79 Å². The molecule has 1 heterocycles. The fourth-order valence-corrected chi connectivity index (χ4v) is 2.27. The summed E-state index contributed by atoms with van der Waals surface area (Å²) in [7, 11) is 1.90. The number of nitrogens with one attached hydrogen (secondary N) is 1. The van der Waals surface area contributed by atoms with Crippen molar-refractivity contribution in [3.63, 3.8) is 0 Å². The quantitative estimate of drug-likeness (QED) is 0.781. The molecule has 5 nitrogen and oxygen atoms in total. The summed E-state index contributed by atoms with van der Waals surface area (Å²) in [6.07, 6.45) is 1.40. The molecule has 1 aliphatic heterocycles. The van der Waals surface area contributed by atoms with Crippen molar-refractivity contribution in [2.24, 2.45) is 5.92 Å². The molecule has 5 heteroatoms. The van der Waals surface area contributed by atoms with Gasteiger partial charge in [0.25, 0.3) is 0 Å². The zero-order chi connectivity index (χ0) is 13.8. The summed E-state index contributed by atoms with van der Waals surface area (Å²) < 4.78 is 5.37. The monoisotopic (exact) mass is 258 g/mol. The number of aliphatic hydroxyl groups is 1. The lowest BCUT2D eigenvalue weighted by atomic mass is 9.96. The van der Waals surface area contributed by atoms with Crippen molar-refractivity contribution in [1.29, 1.82) is 0 Å². The van der Waals surface area contributed by atoms with E-state index < -0.39 is 5.60 Å². The Bertz CT molecular complexity index is 262. The van der Waals surface area contributed by atoms with E-state index >= 15 is 0 Å². The minimum atomic E-state index is -0.456. The van der Waals surface area contributed by atoms with Gasteiger partial charge in [0.15, 0.2) is 0 Å². The lowest BCUT2D eigenvalue weighted by Crippen LogP contribution is -2.38. The van der Waals surface area contributed by atoms with E-state index in [0.29, 0.717) is 13.1 Å². The molecule has 0 spiro atoms. The van der Waals surface area contributed by atoms with Crippen molar-refractivity contribution in [3.8, 4) is 0 Å². The van der Waals surface area contributed by atoms with Crippen LogP contribution >= 0.6 is 0 Å². The molecule has 0 radical (unpaired) electrons. The van der Waals surface area contributed by atoms with Crippen molar-refractivity contribution < 1.29 is 14.6 Å². The maximum absolute atomic E-state index is 12.0. The molecule has 0 aromatic rings. The normalized spacial score (nSPS) is 25.7. The number of likely N-dealkylation sites (tertiary alicyclic amines) is 1. The van der Waals surface area contributed by atoms with Crippen LogP contribution < -0.4 is 5.32 Å². The Morgan fingerprint density at radius 2 is 2.00 bits per heavy atom. The number of ether oxygens (including phenoxy) is 1. The molecule has 2 N–H and O–H groups in total. The molecular weight excluding hydrogens is 232 g/mol. The summed E-state index contributed by atoms with van der Waals surface area (Å²) in [4.78, 5) is 13.7. The zero-order valence-corrected chi connectivity index (χ0v) is 11.9. The lowest BCUT2D eigenvalue weighted by Gasteiger charge is -2.26. The first kappa shape index (κ1) is 15.2. The molecule has 1 amide bonds. The molecular formula is C13H26N2O3. The second-order valence-electron chi connectivity index (χ2n) is 5.88. The summed E-state index contributed by atoms with van der Waals surface area (Å²) >= 11 is 0. The highest BCUT2D eigenvalue weighted by molar-refractivity contribution is 5.68. The highest BCUT2D eigenvalue weighted by atomic mass is 16.6. The summed E-state index contributed by atoms with van der Waals surface area (Å²) in [6.45, 7) is 7.10. The van der Waals surface area contributed by atoms with Gasteiger partial charge >= 0.3 is 6.09 Å². The number of carbonyl (C=O) groups is 1. The average Bonchev–Trinajstić information content (AvgIpc) is 2.47. The van der Waals surface area contributed by atoms with E-state index in [1.807, 2.05) is 27.8 Å². The van der Waals surface area contributed by atoms with E-state index in [4.69, 9.17) is 4.74 Å². The Balaban J connectivity index is 2.58. The molecule has 0 bridgehead atoms. The van der Waals surface area contributed by atoms with E-state index in [-0.39, 0.29) is 24.7 Å². The highest BCUT2D eigenvalue weighted by Crippen LogP contribution is 2.19. The minimum Gasteiger partial charge on any atom is -0.444 e. The zero-order valence-electron chi connectivity index (χ0n) is 11.9. The van der Waals surface area contributed by atoms with Gasteiger partial charge in [0.05, 0.1) is 0 Å². The van der Waals surface area contributed by atoms with Crippen molar-refractivity contribution in [1.82, 2.24) is 10.2 Å². The van der Waals surface area contributed by atoms with E-state index in [9.17, 15) is 9.90 Å².